The number of anilines is 1. The Morgan fingerprint density at radius 3 is 2.33 bits per heavy atom. The van der Waals surface area contributed by atoms with E-state index >= 15 is 0 Å². The lowest BCUT2D eigenvalue weighted by atomic mass is 10.1. The van der Waals surface area contributed by atoms with Crippen LogP contribution in [0.15, 0.2) is 36.5 Å². The monoisotopic (exact) mass is 393 g/mol. The fourth-order valence-corrected chi connectivity index (χ4v) is 2.00. The Labute approximate surface area is 149 Å². The zero-order chi connectivity index (χ0) is 20.2. The van der Waals surface area contributed by atoms with Crippen molar-refractivity contribution in [3.63, 3.8) is 0 Å². The summed E-state index contributed by atoms with van der Waals surface area (Å²) in [7, 11) is 0. The minimum absolute atomic E-state index is 0.0823. The first-order chi connectivity index (χ1) is 12.5. The van der Waals surface area contributed by atoms with Gasteiger partial charge in [0.1, 0.15) is 0 Å². The summed E-state index contributed by atoms with van der Waals surface area (Å²) in [5, 5.41) is 2.27. The van der Waals surface area contributed by atoms with E-state index in [1.165, 1.54) is 6.07 Å². The molecule has 1 aromatic heterocycles. The molecule has 27 heavy (non-hydrogen) atoms. The van der Waals surface area contributed by atoms with E-state index in [1.807, 2.05) is 0 Å². The Morgan fingerprint density at radius 1 is 1.11 bits per heavy atom. The maximum absolute atomic E-state index is 12.9. The molecule has 2 rings (SSSR count). The summed E-state index contributed by atoms with van der Waals surface area (Å²) in [6.07, 6.45) is -8.22. The molecule has 0 aliphatic rings. The summed E-state index contributed by atoms with van der Waals surface area (Å²) in [6, 6.07) is 5.06. The largest absolute Gasteiger partial charge is 0.468 e. The van der Waals surface area contributed by atoms with Gasteiger partial charge < -0.3 is 15.8 Å². The molecule has 0 saturated heterocycles. The third-order valence-corrected chi connectivity index (χ3v) is 3.20. The number of aromatic nitrogens is 1. The summed E-state index contributed by atoms with van der Waals surface area (Å²) < 4.78 is 79.3. The van der Waals surface area contributed by atoms with Crippen LogP contribution in [-0.2, 0) is 12.7 Å². The highest BCUT2D eigenvalue weighted by Crippen LogP contribution is 2.32. The lowest BCUT2D eigenvalue weighted by Gasteiger charge is -2.13. The summed E-state index contributed by atoms with van der Waals surface area (Å²) in [5.41, 5.74) is 4.33. The number of ether oxygens (including phenoxy) is 1. The summed E-state index contributed by atoms with van der Waals surface area (Å²) >= 11 is 0. The number of nitrogens with zero attached hydrogens (tertiary/aromatic N) is 1. The molecule has 0 bridgehead atoms. The van der Waals surface area contributed by atoms with E-state index in [2.05, 4.69) is 15.0 Å². The molecule has 0 radical (unpaired) electrons. The number of nitrogens with one attached hydrogen (secondary N) is 1. The van der Waals surface area contributed by atoms with Crippen LogP contribution in [0.4, 0.5) is 32.0 Å². The summed E-state index contributed by atoms with van der Waals surface area (Å²) in [4.78, 5) is 15.7. The van der Waals surface area contributed by atoms with Gasteiger partial charge in [-0.25, -0.2) is 4.98 Å². The number of benzene rings is 1. The minimum atomic E-state index is -4.62. The first-order valence-corrected chi connectivity index (χ1v) is 7.36. The lowest BCUT2D eigenvalue weighted by Crippen LogP contribution is -2.20. The maximum atomic E-state index is 12.9. The van der Waals surface area contributed by atoms with E-state index in [1.54, 1.807) is 0 Å². The number of hydrogen-bond donors (Lipinski definition) is 2. The fraction of sp³-hybridized carbons (Fsp3) is 0.250. The van der Waals surface area contributed by atoms with Gasteiger partial charge in [-0.05, 0) is 29.8 Å². The lowest BCUT2D eigenvalue weighted by molar-refractivity contribution is -0.154. The number of carbonyl (C=O) groups excluding carboxylic acids is 1. The van der Waals surface area contributed by atoms with Gasteiger partial charge in [-0.15, -0.1) is 0 Å². The Morgan fingerprint density at radius 2 is 1.81 bits per heavy atom. The van der Waals surface area contributed by atoms with Crippen molar-refractivity contribution >= 4 is 11.6 Å². The van der Waals surface area contributed by atoms with Crippen LogP contribution in [-0.4, -0.2) is 23.7 Å². The van der Waals surface area contributed by atoms with Crippen molar-refractivity contribution < 1.29 is 35.9 Å². The van der Waals surface area contributed by atoms with E-state index < -0.39 is 30.4 Å². The average molecular weight is 393 g/mol. The second-order valence-corrected chi connectivity index (χ2v) is 5.36. The Balaban J connectivity index is 2.13. The third kappa shape index (κ3) is 6.13. The van der Waals surface area contributed by atoms with Crippen LogP contribution in [0.25, 0.3) is 0 Å². The van der Waals surface area contributed by atoms with Gasteiger partial charge in [-0.1, -0.05) is 0 Å². The minimum Gasteiger partial charge on any atom is -0.468 e. The molecule has 1 aromatic carbocycles. The number of pyridine rings is 1. The van der Waals surface area contributed by atoms with E-state index in [4.69, 9.17) is 5.73 Å². The topological polar surface area (TPSA) is 77.2 Å². The molecular weight excluding hydrogens is 380 g/mol. The number of halogens is 6. The molecule has 11 heteroatoms. The van der Waals surface area contributed by atoms with Gasteiger partial charge >= 0.3 is 12.4 Å². The summed E-state index contributed by atoms with van der Waals surface area (Å²) in [6.45, 7) is -1.71. The standard InChI is InChI=1S/C16H13F6N3O2/c17-15(18,19)8-27-13-2-1-10(7-24-13)14(26)25-12-4-9(6-23)3-11(5-12)16(20,21)22/h1-5,7H,6,8,23H2,(H,25,26). The zero-order valence-corrected chi connectivity index (χ0v) is 13.5. The predicted molar refractivity (Wildman–Crippen MR) is 83.1 cm³/mol. The number of alkyl halides is 6. The predicted octanol–water partition coefficient (Wildman–Crippen LogP) is 3.75. The van der Waals surface area contributed by atoms with Crippen LogP contribution < -0.4 is 15.8 Å². The molecule has 0 aliphatic carbocycles. The van der Waals surface area contributed by atoms with E-state index in [0.717, 1.165) is 30.5 Å². The van der Waals surface area contributed by atoms with Gasteiger partial charge in [0.15, 0.2) is 6.61 Å². The molecule has 1 heterocycles. The molecule has 2 aromatic rings. The van der Waals surface area contributed by atoms with Gasteiger partial charge in [0.05, 0.1) is 11.1 Å². The molecule has 0 atom stereocenters. The van der Waals surface area contributed by atoms with Crippen molar-refractivity contribution in [3.05, 3.63) is 53.2 Å². The second-order valence-electron chi connectivity index (χ2n) is 5.36. The molecule has 3 N–H and O–H groups in total. The van der Waals surface area contributed by atoms with Crippen molar-refractivity contribution in [1.82, 2.24) is 4.98 Å². The van der Waals surface area contributed by atoms with Crippen LogP contribution in [0.2, 0.25) is 0 Å². The smallest absolute Gasteiger partial charge is 0.422 e. The number of rotatable bonds is 5. The quantitative estimate of drug-likeness (QED) is 0.759. The Kier molecular flexibility index (Phi) is 5.94. The molecule has 0 unspecified atom stereocenters. The molecule has 1 amide bonds. The van der Waals surface area contributed by atoms with Gasteiger partial charge in [0.2, 0.25) is 5.88 Å². The van der Waals surface area contributed by atoms with E-state index in [0.29, 0.717) is 0 Å². The van der Waals surface area contributed by atoms with E-state index in [9.17, 15) is 31.1 Å². The van der Waals surface area contributed by atoms with Gasteiger partial charge in [-0.3, -0.25) is 4.79 Å². The Hall–Kier alpha value is -2.82. The van der Waals surface area contributed by atoms with Gasteiger partial charge in [-0.2, -0.15) is 26.3 Å². The highest BCUT2D eigenvalue weighted by atomic mass is 19.4. The van der Waals surface area contributed by atoms with Gasteiger partial charge in [0, 0.05) is 24.5 Å². The Bertz CT molecular complexity index is 803. The summed E-state index contributed by atoms with van der Waals surface area (Å²) in [5.74, 6) is -1.15. The van der Waals surface area contributed by atoms with Crippen molar-refractivity contribution in [2.75, 3.05) is 11.9 Å². The second kappa shape index (κ2) is 7.82. The van der Waals surface area contributed by atoms with Crippen LogP contribution in [0.1, 0.15) is 21.5 Å². The fourth-order valence-electron chi connectivity index (χ4n) is 2.00. The third-order valence-electron chi connectivity index (χ3n) is 3.20. The number of hydrogen-bond acceptors (Lipinski definition) is 4. The molecule has 0 aliphatic heterocycles. The van der Waals surface area contributed by atoms with Crippen LogP contribution in [0.5, 0.6) is 5.88 Å². The number of amides is 1. The van der Waals surface area contributed by atoms with Crippen LogP contribution in [0, 0.1) is 0 Å². The van der Waals surface area contributed by atoms with Crippen LogP contribution >= 0.6 is 0 Å². The highest BCUT2D eigenvalue weighted by Gasteiger charge is 2.31. The van der Waals surface area contributed by atoms with Crippen molar-refractivity contribution in [2.24, 2.45) is 5.73 Å². The van der Waals surface area contributed by atoms with Crippen molar-refractivity contribution in [2.45, 2.75) is 18.9 Å². The zero-order valence-electron chi connectivity index (χ0n) is 13.5. The van der Waals surface area contributed by atoms with E-state index in [-0.39, 0.29) is 29.2 Å². The normalized spacial score (nSPS) is 12.0. The highest BCUT2D eigenvalue weighted by molar-refractivity contribution is 6.04. The van der Waals surface area contributed by atoms with Crippen molar-refractivity contribution in [1.29, 1.82) is 0 Å². The SMILES string of the molecule is NCc1cc(NC(=O)c2ccc(OCC(F)(F)F)nc2)cc(C(F)(F)F)c1. The molecule has 0 saturated carbocycles. The number of nitrogens with two attached hydrogens (primary N) is 1. The van der Waals surface area contributed by atoms with Crippen LogP contribution in [0.3, 0.4) is 0 Å². The molecule has 146 valence electrons. The molecule has 5 nitrogen and oxygen atoms in total. The maximum Gasteiger partial charge on any atom is 0.422 e. The average Bonchev–Trinajstić information content (AvgIpc) is 2.58. The first-order valence-electron chi connectivity index (χ1n) is 7.36. The van der Waals surface area contributed by atoms with Gasteiger partial charge in [0.25, 0.3) is 5.91 Å². The molecule has 0 fully saturated rings. The molecule has 0 spiro atoms. The van der Waals surface area contributed by atoms with Crippen molar-refractivity contribution in [3.8, 4) is 5.88 Å². The number of carbonyl (C=O) groups is 1. The molecular formula is C16H13F6N3O2. The first kappa shape index (κ1) is 20.5.